The molecule has 0 spiro atoms. The molecule has 0 aliphatic rings. The van der Waals surface area contributed by atoms with E-state index in [0.717, 1.165) is 17.7 Å². The SMILES string of the molecule is NC(=O)c1cc(Oc2cccc(CCNC(=O)c3ccc(O)c(F)c3)c2)ccn1. The van der Waals surface area contributed by atoms with Gasteiger partial charge in [-0.2, -0.15) is 0 Å². The first-order chi connectivity index (χ1) is 13.9. The average Bonchev–Trinajstić information content (AvgIpc) is 2.70. The predicted octanol–water partition coefficient (Wildman–Crippen LogP) is 2.79. The summed E-state index contributed by atoms with van der Waals surface area (Å²) in [6.07, 6.45) is 1.95. The Morgan fingerprint density at radius 1 is 1.10 bits per heavy atom. The lowest BCUT2D eigenvalue weighted by Gasteiger charge is -2.09. The van der Waals surface area contributed by atoms with E-state index in [1.807, 2.05) is 6.07 Å². The molecule has 0 bridgehead atoms. The van der Waals surface area contributed by atoms with Gasteiger partial charge in [0.05, 0.1) is 0 Å². The smallest absolute Gasteiger partial charge is 0.267 e. The lowest BCUT2D eigenvalue weighted by molar-refractivity contribution is 0.0952. The first-order valence-corrected chi connectivity index (χ1v) is 8.72. The van der Waals surface area contributed by atoms with Gasteiger partial charge in [-0.25, -0.2) is 4.39 Å². The molecule has 2 aromatic carbocycles. The molecule has 0 unspecified atom stereocenters. The van der Waals surface area contributed by atoms with Crippen LogP contribution >= 0.6 is 0 Å². The molecule has 0 atom stereocenters. The molecule has 1 aromatic heterocycles. The molecule has 0 fully saturated rings. The number of carbonyl (C=O) groups excluding carboxylic acids is 2. The van der Waals surface area contributed by atoms with Crippen LogP contribution in [0.2, 0.25) is 0 Å². The standard InChI is InChI=1S/C21H18FN3O4/c22-17-11-14(4-5-19(17)26)21(28)25-8-6-13-2-1-3-15(10-13)29-16-7-9-24-18(12-16)20(23)27/h1-5,7,9-12,26H,6,8H2,(H2,23,27)(H,25,28). The van der Waals surface area contributed by atoms with E-state index in [4.69, 9.17) is 10.5 Å². The summed E-state index contributed by atoms with van der Waals surface area (Å²) in [5.74, 6) is -1.46. The van der Waals surface area contributed by atoms with Crippen molar-refractivity contribution in [1.29, 1.82) is 0 Å². The van der Waals surface area contributed by atoms with Gasteiger partial charge in [0, 0.05) is 24.4 Å². The number of halogens is 1. The van der Waals surface area contributed by atoms with Crippen molar-refractivity contribution in [2.24, 2.45) is 5.73 Å². The molecule has 29 heavy (non-hydrogen) atoms. The molecule has 1 heterocycles. The highest BCUT2D eigenvalue weighted by atomic mass is 19.1. The molecule has 2 amide bonds. The predicted molar refractivity (Wildman–Crippen MR) is 103 cm³/mol. The van der Waals surface area contributed by atoms with Crippen molar-refractivity contribution in [2.75, 3.05) is 6.54 Å². The zero-order valence-electron chi connectivity index (χ0n) is 15.3. The average molecular weight is 395 g/mol. The zero-order chi connectivity index (χ0) is 20.8. The summed E-state index contributed by atoms with van der Waals surface area (Å²) in [5.41, 5.74) is 6.35. The lowest BCUT2D eigenvalue weighted by Crippen LogP contribution is -2.25. The maximum atomic E-state index is 13.3. The number of hydrogen-bond acceptors (Lipinski definition) is 5. The van der Waals surface area contributed by atoms with Crippen molar-refractivity contribution in [3.05, 3.63) is 83.4 Å². The van der Waals surface area contributed by atoms with E-state index in [0.29, 0.717) is 24.5 Å². The topological polar surface area (TPSA) is 115 Å². The third-order valence-corrected chi connectivity index (χ3v) is 4.03. The minimum Gasteiger partial charge on any atom is -0.505 e. The van der Waals surface area contributed by atoms with E-state index in [1.165, 1.54) is 18.3 Å². The Hall–Kier alpha value is -3.94. The monoisotopic (exact) mass is 395 g/mol. The van der Waals surface area contributed by atoms with Crippen molar-refractivity contribution >= 4 is 11.8 Å². The van der Waals surface area contributed by atoms with Crippen LogP contribution < -0.4 is 15.8 Å². The molecule has 0 saturated heterocycles. The first-order valence-electron chi connectivity index (χ1n) is 8.72. The summed E-state index contributed by atoms with van der Waals surface area (Å²) in [6, 6.07) is 13.8. The summed E-state index contributed by atoms with van der Waals surface area (Å²) in [4.78, 5) is 27.1. The van der Waals surface area contributed by atoms with E-state index < -0.39 is 23.4 Å². The van der Waals surface area contributed by atoms with Crippen LogP contribution in [0.1, 0.15) is 26.4 Å². The van der Waals surface area contributed by atoms with Gasteiger partial charge < -0.3 is 20.9 Å². The first kappa shape index (κ1) is 19.8. The Bertz CT molecular complexity index is 1060. The molecule has 0 saturated carbocycles. The largest absolute Gasteiger partial charge is 0.505 e. The highest BCUT2D eigenvalue weighted by molar-refractivity contribution is 5.94. The number of benzene rings is 2. The molecule has 148 valence electrons. The number of hydrogen-bond donors (Lipinski definition) is 3. The quantitative estimate of drug-likeness (QED) is 0.569. The number of primary amides is 1. The fraction of sp³-hybridized carbons (Fsp3) is 0.0952. The van der Waals surface area contributed by atoms with Crippen molar-refractivity contribution < 1.29 is 23.8 Å². The summed E-state index contributed by atoms with van der Waals surface area (Å²) < 4.78 is 19.1. The number of carbonyl (C=O) groups is 2. The van der Waals surface area contributed by atoms with Gasteiger partial charge in [0.2, 0.25) is 0 Å². The molecule has 0 radical (unpaired) electrons. The number of pyridine rings is 1. The van der Waals surface area contributed by atoms with Gasteiger partial charge in [0.25, 0.3) is 11.8 Å². The number of nitrogens with zero attached hydrogens (tertiary/aromatic N) is 1. The van der Waals surface area contributed by atoms with Gasteiger partial charge in [0.1, 0.15) is 17.2 Å². The fourth-order valence-electron chi connectivity index (χ4n) is 2.58. The van der Waals surface area contributed by atoms with Gasteiger partial charge in [0.15, 0.2) is 11.6 Å². The summed E-state index contributed by atoms with van der Waals surface area (Å²) in [5, 5.41) is 11.9. The van der Waals surface area contributed by atoms with Crippen LogP contribution in [0, 0.1) is 5.82 Å². The van der Waals surface area contributed by atoms with Crippen LogP contribution in [0.15, 0.2) is 60.8 Å². The van der Waals surface area contributed by atoms with Crippen LogP contribution in [0.4, 0.5) is 4.39 Å². The van der Waals surface area contributed by atoms with Gasteiger partial charge in [-0.15, -0.1) is 0 Å². The third kappa shape index (κ3) is 5.29. The number of nitrogens with one attached hydrogen (secondary N) is 1. The van der Waals surface area contributed by atoms with E-state index in [1.54, 1.807) is 24.3 Å². The van der Waals surface area contributed by atoms with E-state index in [2.05, 4.69) is 10.3 Å². The van der Waals surface area contributed by atoms with Crippen molar-refractivity contribution in [1.82, 2.24) is 10.3 Å². The number of amides is 2. The van der Waals surface area contributed by atoms with Crippen LogP contribution in [0.25, 0.3) is 0 Å². The molecule has 3 rings (SSSR count). The number of aromatic hydroxyl groups is 1. The molecule has 3 aromatic rings. The van der Waals surface area contributed by atoms with Crippen molar-refractivity contribution in [3.63, 3.8) is 0 Å². The molecule has 8 heteroatoms. The van der Waals surface area contributed by atoms with Crippen LogP contribution in [-0.4, -0.2) is 28.4 Å². The minimum atomic E-state index is -0.849. The van der Waals surface area contributed by atoms with Gasteiger partial charge >= 0.3 is 0 Å². The van der Waals surface area contributed by atoms with E-state index in [-0.39, 0.29) is 11.3 Å². The second-order valence-electron chi connectivity index (χ2n) is 6.16. The minimum absolute atomic E-state index is 0.104. The Balaban J connectivity index is 1.58. The molecule has 0 aliphatic carbocycles. The molecule has 7 nitrogen and oxygen atoms in total. The van der Waals surface area contributed by atoms with Crippen molar-refractivity contribution in [3.8, 4) is 17.2 Å². The van der Waals surface area contributed by atoms with Gasteiger partial charge in [-0.05, 0) is 48.4 Å². The number of phenols is 1. The number of rotatable bonds is 7. The zero-order valence-corrected chi connectivity index (χ0v) is 15.3. The molecule has 4 N–H and O–H groups in total. The molecular formula is C21H18FN3O4. The Morgan fingerprint density at radius 2 is 1.90 bits per heavy atom. The lowest BCUT2D eigenvalue weighted by atomic mass is 10.1. The number of ether oxygens (including phenoxy) is 1. The number of nitrogens with two attached hydrogens (primary N) is 1. The molecular weight excluding hydrogens is 377 g/mol. The highest BCUT2D eigenvalue weighted by Crippen LogP contribution is 2.22. The van der Waals surface area contributed by atoms with Gasteiger partial charge in [-0.1, -0.05) is 12.1 Å². The Kier molecular flexibility index (Phi) is 6.03. The second-order valence-corrected chi connectivity index (χ2v) is 6.16. The highest BCUT2D eigenvalue weighted by Gasteiger charge is 2.09. The third-order valence-electron chi connectivity index (χ3n) is 4.03. The maximum absolute atomic E-state index is 13.3. The normalized spacial score (nSPS) is 10.4. The summed E-state index contributed by atoms with van der Waals surface area (Å²) in [7, 11) is 0. The second kappa shape index (κ2) is 8.83. The van der Waals surface area contributed by atoms with E-state index >= 15 is 0 Å². The summed E-state index contributed by atoms with van der Waals surface area (Å²) in [6.45, 7) is 0.325. The van der Waals surface area contributed by atoms with E-state index in [9.17, 15) is 19.1 Å². The van der Waals surface area contributed by atoms with Crippen LogP contribution in [0.3, 0.4) is 0 Å². The van der Waals surface area contributed by atoms with Gasteiger partial charge in [-0.3, -0.25) is 14.6 Å². The number of phenolic OH excluding ortho intramolecular Hbond substituents is 1. The Labute approximate surface area is 166 Å². The van der Waals surface area contributed by atoms with Crippen LogP contribution in [-0.2, 0) is 6.42 Å². The van der Waals surface area contributed by atoms with Crippen molar-refractivity contribution in [2.45, 2.75) is 6.42 Å². The Morgan fingerprint density at radius 3 is 2.66 bits per heavy atom. The summed E-state index contributed by atoms with van der Waals surface area (Å²) >= 11 is 0. The number of aromatic nitrogens is 1. The van der Waals surface area contributed by atoms with Crippen LogP contribution in [0.5, 0.6) is 17.2 Å². The maximum Gasteiger partial charge on any atom is 0.267 e. The fourth-order valence-corrected chi connectivity index (χ4v) is 2.58. The molecule has 0 aliphatic heterocycles.